The molecule has 2 aromatic carbocycles. The summed E-state index contributed by atoms with van der Waals surface area (Å²) in [5, 5.41) is 6.49. The van der Waals surface area contributed by atoms with Crippen LogP contribution >= 0.6 is 11.8 Å². The molecule has 5 heteroatoms. The molecule has 1 heterocycles. The summed E-state index contributed by atoms with van der Waals surface area (Å²) in [6, 6.07) is 12.3. The Morgan fingerprint density at radius 3 is 2.75 bits per heavy atom. The Kier molecular flexibility index (Phi) is 6.81. The molecular formula is C23H28N2O2S. The smallest absolute Gasteiger partial charge is 0.251 e. The minimum Gasteiger partial charge on any atom is -0.379 e. The maximum Gasteiger partial charge on any atom is 0.251 e. The summed E-state index contributed by atoms with van der Waals surface area (Å²) in [5.74, 6) is -0.0567. The highest BCUT2D eigenvalue weighted by Crippen LogP contribution is 2.42. The molecule has 0 spiro atoms. The average Bonchev–Trinajstić information content (AvgIpc) is 2.82. The fourth-order valence-corrected chi connectivity index (χ4v) is 4.06. The van der Waals surface area contributed by atoms with Gasteiger partial charge >= 0.3 is 0 Å². The van der Waals surface area contributed by atoms with Gasteiger partial charge in [-0.25, -0.2) is 0 Å². The number of anilines is 1. The zero-order chi connectivity index (χ0) is 20.1. The lowest BCUT2D eigenvalue weighted by molar-refractivity contribution is 0.0757. The van der Waals surface area contributed by atoms with Crippen molar-refractivity contribution in [3.63, 3.8) is 0 Å². The van der Waals surface area contributed by atoms with Gasteiger partial charge in [0, 0.05) is 39.8 Å². The van der Waals surface area contributed by atoms with E-state index in [0.717, 1.165) is 22.7 Å². The third kappa shape index (κ3) is 4.97. The van der Waals surface area contributed by atoms with E-state index in [1.807, 2.05) is 39.0 Å². The molecule has 4 nitrogen and oxygen atoms in total. The fourth-order valence-electron chi connectivity index (χ4n) is 3.05. The van der Waals surface area contributed by atoms with Gasteiger partial charge < -0.3 is 15.4 Å². The van der Waals surface area contributed by atoms with Crippen molar-refractivity contribution in [1.29, 1.82) is 0 Å². The number of benzene rings is 2. The minimum atomic E-state index is -0.0567. The second-order valence-corrected chi connectivity index (χ2v) is 8.25. The molecule has 0 saturated heterocycles. The third-order valence-electron chi connectivity index (χ3n) is 4.50. The Balaban J connectivity index is 1.73. The molecule has 0 saturated carbocycles. The molecule has 0 aromatic heterocycles. The molecule has 28 heavy (non-hydrogen) atoms. The first kappa shape index (κ1) is 20.5. The van der Waals surface area contributed by atoms with E-state index in [2.05, 4.69) is 41.8 Å². The summed E-state index contributed by atoms with van der Waals surface area (Å²) in [7, 11) is 0. The van der Waals surface area contributed by atoms with E-state index in [4.69, 9.17) is 4.74 Å². The fraction of sp³-hybridized carbons (Fsp3) is 0.348. The van der Waals surface area contributed by atoms with E-state index in [0.29, 0.717) is 18.7 Å². The predicted molar refractivity (Wildman–Crippen MR) is 117 cm³/mol. The van der Waals surface area contributed by atoms with Gasteiger partial charge in [-0.3, -0.25) is 4.79 Å². The van der Waals surface area contributed by atoms with Crippen LogP contribution < -0.4 is 10.6 Å². The van der Waals surface area contributed by atoms with Gasteiger partial charge in [-0.15, -0.1) is 0 Å². The Morgan fingerprint density at radius 2 is 2.00 bits per heavy atom. The molecule has 0 radical (unpaired) electrons. The van der Waals surface area contributed by atoms with Crippen LogP contribution in [-0.4, -0.2) is 25.2 Å². The van der Waals surface area contributed by atoms with Crippen LogP contribution in [0.2, 0.25) is 0 Å². The molecule has 148 valence electrons. The van der Waals surface area contributed by atoms with Crippen LogP contribution in [0, 0.1) is 6.92 Å². The number of hydrogen-bond acceptors (Lipinski definition) is 4. The van der Waals surface area contributed by atoms with Crippen molar-refractivity contribution in [3.05, 3.63) is 59.2 Å². The van der Waals surface area contributed by atoms with Crippen molar-refractivity contribution in [1.82, 2.24) is 5.32 Å². The molecular weight excluding hydrogens is 368 g/mol. The van der Waals surface area contributed by atoms with E-state index >= 15 is 0 Å². The van der Waals surface area contributed by atoms with Crippen molar-refractivity contribution >= 4 is 29.1 Å². The van der Waals surface area contributed by atoms with Crippen LogP contribution in [0.3, 0.4) is 0 Å². The van der Waals surface area contributed by atoms with Crippen LogP contribution in [0.1, 0.15) is 48.7 Å². The summed E-state index contributed by atoms with van der Waals surface area (Å²) < 4.78 is 5.51. The number of carbonyl (C=O) groups excluding carboxylic acids is 1. The van der Waals surface area contributed by atoms with Gasteiger partial charge in [-0.05, 0) is 64.4 Å². The Bertz CT molecular complexity index is 890. The lowest BCUT2D eigenvalue weighted by atomic mass is 10.1. The van der Waals surface area contributed by atoms with Crippen LogP contribution in [0.4, 0.5) is 5.69 Å². The summed E-state index contributed by atoms with van der Waals surface area (Å²) >= 11 is 1.73. The molecule has 3 rings (SSSR count). The number of allylic oxidation sites excluding steroid dienone is 1. The molecule has 0 atom stereocenters. The van der Waals surface area contributed by atoms with Gasteiger partial charge in [0.25, 0.3) is 5.91 Å². The van der Waals surface area contributed by atoms with E-state index in [1.54, 1.807) is 11.8 Å². The summed E-state index contributed by atoms with van der Waals surface area (Å²) in [5.41, 5.74) is 5.11. The Labute approximate surface area is 171 Å². The number of fused-ring (bicyclic) bond motifs is 2. The van der Waals surface area contributed by atoms with E-state index in [1.165, 1.54) is 16.0 Å². The number of nitrogens with one attached hydrogen (secondary N) is 2. The maximum atomic E-state index is 12.5. The molecule has 0 bridgehead atoms. The number of carbonyl (C=O) groups is 1. The zero-order valence-electron chi connectivity index (χ0n) is 17.0. The first-order valence-corrected chi connectivity index (χ1v) is 10.6. The number of amides is 1. The van der Waals surface area contributed by atoms with Crippen LogP contribution in [0.25, 0.3) is 5.70 Å². The van der Waals surface area contributed by atoms with Crippen molar-refractivity contribution in [2.45, 2.75) is 50.0 Å². The van der Waals surface area contributed by atoms with E-state index in [-0.39, 0.29) is 12.0 Å². The van der Waals surface area contributed by atoms with Gasteiger partial charge in [0.05, 0.1) is 11.8 Å². The molecule has 1 amide bonds. The molecule has 1 aliphatic rings. The predicted octanol–water partition coefficient (Wildman–Crippen LogP) is 5.48. The second kappa shape index (κ2) is 9.30. The monoisotopic (exact) mass is 396 g/mol. The highest BCUT2D eigenvalue weighted by molar-refractivity contribution is 7.99. The quantitative estimate of drug-likeness (QED) is 0.635. The molecule has 1 aliphatic heterocycles. The highest BCUT2D eigenvalue weighted by Gasteiger charge is 2.18. The Hall–Kier alpha value is -2.24. The first-order chi connectivity index (χ1) is 13.5. The highest BCUT2D eigenvalue weighted by atomic mass is 32.2. The second-order valence-electron chi connectivity index (χ2n) is 7.17. The third-order valence-corrected chi connectivity index (χ3v) is 5.65. The number of aryl methyl sites for hydroxylation is 1. The van der Waals surface area contributed by atoms with Crippen LogP contribution in [0.5, 0.6) is 0 Å². The molecule has 2 N–H and O–H groups in total. The molecule has 0 unspecified atom stereocenters. The first-order valence-electron chi connectivity index (χ1n) is 9.74. The van der Waals surface area contributed by atoms with Gasteiger partial charge in [-0.2, -0.15) is 0 Å². The van der Waals surface area contributed by atoms with Crippen molar-refractivity contribution in [2.24, 2.45) is 0 Å². The number of rotatable bonds is 6. The average molecular weight is 397 g/mol. The molecule has 0 fully saturated rings. The van der Waals surface area contributed by atoms with Crippen LogP contribution in [0.15, 0.2) is 52.3 Å². The van der Waals surface area contributed by atoms with E-state index < -0.39 is 0 Å². The summed E-state index contributed by atoms with van der Waals surface area (Å²) in [6.45, 7) is 9.42. The molecule has 0 aliphatic carbocycles. The topological polar surface area (TPSA) is 50.4 Å². The van der Waals surface area contributed by atoms with Crippen molar-refractivity contribution in [3.8, 4) is 0 Å². The van der Waals surface area contributed by atoms with Crippen LogP contribution in [-0.2, 0) is 4.74 Å². The van der Waals surface area contributed by atoms with E-state index in [9.17, 15) is 4.79 Å². The van der Waals surface area contributed by atoms with Gasteiger partial charge in [0.1, 0.15) is 0 Å². The Morgan fingerprint density at radius 1 is 1.21 bits per heavy atom. The van der Waals surface area contributed by atoms with Crippen molar-refractivity contribution in [2.75, 3.05) is 18.5 Å². The number of hydrogen-bond donors (Lipinski definition) is 2. The number of ether oxygens (including phenoxy) is 1. The van der Waals surface area contributed by atoms with Gasteiger partial charge in [0.15, 0.2) is 0 Å². The maximum absolute atomic E-state index is 12.5. The normalized spacial score (nSPS) is 14.2. The van der Waals surface area contributed by atoms with Gasteiger partial charge in [-0.1, -0.05) is 29.5 Å². The largest absolute Gasteiger partial charge is 0.379 e. The van der Waals surface area contributed by atoms with Gasteiger partial charge in [0.2, 0.25) is 0 Å². The molecule has 2 aromatic rings. The minimum absolute atomic E-state index is 0.0567. The van der Waals surface area contributed by atoms with Crippen molar-refractivity contribution < 1.29 is 9.53 Å². The lowest BCUT2D eigenvalue weighted by Gasteiger charge is -2.12. The lowest BCUT2D eigenvalue weighted by Crippen LogP contribution is -2.25. The zero-order valence-corrected chi connectivity index (χ0v) is 17.8. The standard InChI is InChI=1S/C23H28N2O2S/c1-5-19-18-13-16(4)7-9-21(18)28-22-10-8-17(14-20(22)25-19)23(26)24-11-6-12-27-15(2)3/h5,7-10,13-15,25H,6,11-12H2,1-4H3,(H,24,26). The summed E-state index contributed by atoms with van der Waals surface area (Å²) in [6.07, 6.45) is 3.10. The summed E-state index contributed by atoms with van der Waals surface area (Å²) in [4.78, 5) is 14.9. The SMILES string of the molecule is CC=C1Nc2cc(C(=O)NCCCOC(C)C)ccc2Sc2ccc(C)cc21.